The minimum absolute atomic E-state index is 0.148. The number of carbonyl (C=O) groups excluding carboxylic acids is 1. The third-order valence-corrected chi connectivity index (χ3v) is 2.84. The van der Waals surface area contributed by atoms with Crippen LogP contribution in [0.4, 0.5) is 0 Å². The minimum atomic E-state index is -0.326. The molecule has 2 aromatic rings. The predicted octanol–water partition coefficient (Wildman–Crippen LogP) is 1.46. The first-order chi connectivity index (χ1) is 7.19. The lowest BCUT2D eigenvalue weighted by molar-refractivity contribution is -0.139. The highest BCUT2D eigenvalue weighted by atomic mass is 35.5. The number of methoxy groups -OCH3 is 1. The number of ether oxygens (including phenoxy) is 1. The normalized spacial score (nSPS) is 10.5. The summed E-state index contributed by atoms with van der Waals surface area (Å²) in [5.74, 6) is -0.326. The maximum absolute atomic E-state index is 11.0. The van der Waals surface area contributed by atoms with Crippen molar-refractivity contribution in [3.05, 3.63) is 16.5 Å². The van der Waals surface area contributed by atoms with E-state index in [1.807, 2.05) is 0 Å². The number of aromatic nitrogens is 3. The Hall–Kier alpha value is -1.27. The molecule has 0 unspecified atom stereocenters. The zero-order valence-corrected chi connectivity index (χ0v) is 9.30. The summed E-state index contributed by atoms with van der Waals surface area (Å²) < 4.78 is 4.54. The van der Waals surface area contributed by atoms with Gasteiger partial charge in [0, 0.05) is 0 Å². The summed E-state index contributed by atoms with van der Waals surface area (Å²) in [6, 6.07) is 0. The van der Waals surface area contributed by atoms with E-state index in [9.17, 15) is 4.79 Å². The van der Waals surface area contributed by atoms with Crippen molar-refractivity contribution in [1.82, 2.24) is 15.0 Å². The molecule has 15 heavy (non-hydrogen) atoms. The highest BCUT2D eigenvalue weighted by Crippen LogP contribution is 2.20. The highest BCUT2D eigenvalue weighted by Gasteiger charge is 2.10. The Morgan fingerprint density at radius 1 is 1.60 bits per heavy atom. The maximum atomic E-state index is 11.0. The van der Waals surface area contributed by atoms with Crippen LogP contribution in [0, 0.1) is 0 Å². The van der Waals surface area contributed by atoms with Crippen molar-refractivity contribution >= 4 is 39.3 Å². The summed E-state index contributed by atoms with van der Waals surface area (Å²) >= 11 is 6.93. The highest BCUT2D eigenvalue weighted by molar-refractivity contribution is 7.18. The van der Waals surface area contributed by atoms with Crippen LogP contribution in [-0.2, 0) is 16.0 Å². The number of esters is 1. The molecular formula is C8H6ClN3O2S. The van der Waals surface area contributed by atoms with E-state index in [0.29, 0.717) is 15.4 Å². The second kappa shape index (κ2) is 4.08. The van der Waals surface area contributed by atoms with Crippen LogP contribution in [-0.4, -0.2) is 28.0 Å². The topological polar surface area (TPSA) is 65.0 Å². The number of thiazole rings is 1. The molecule has 0 aliphatic carbocycles. The van der Waals surface area contributed by atoms with Crippen LogP contribution < -0.4 is 0 Å². The van der Waals surface area contributed by atoms with E-state index in [0.717, 1.165) is 0 Å². The molecule has 2 heterocycles. The number of fused-ring (bicyclic) bond motifs is 1. The lowest BCUT2D eigenvalue weighted by atomic mass is 10.4. The molecule has 7 heteroatoms. The van der Waals surface area contributed by atoms with E-state index in [1.54, 1.807) is 0 Å². The fourth-order valence-electron chi connectivity index (χ4n) is 1.03. The Morgan fingerprint density at radius 3 is 3.13 bits per heavy atom. The molecule has 0 bridgehead atoms. The Morgan fingerprint density at radius 2 is 2.40 bits per heavy atom. The van der Waals surface area contributed by atoms with Gasteiger partial charge >= 0.3 is 5.97 Å². The number of carbonyl (C=O) groups is 1. The summed E-state index contributed by atoms with van der Waals surface area (Å²) in [6.45, 7) is 0. The van der Waals surface area contributed by atoms with Crippen LogP contribution in [0.5, 0.6) is 0 Å². The fourth-order valence-corrected chi connectivity index (χ4v) is 2.11. The first-order valence-corrected chi connectivity index (χ1v) is 5.23. The van der Waals surface area contributed by atoms with Gasteiger partial charge in [-0.25, -0.2) is 15.0 Å². The molecule has 0 spiro atoms. The lowest BCUT2D eigenvalue weighted by Gasteiger charge is -1.92. The first-order valence-electron chi connectivity index (χ1n) is 4.04. The SMILES string of the molecule is COC(=O)Cc1nc2cnc(Cl)nc2s1. The summed E-state index contributed by atoms with van der Waals surface area (Å²) in [6.07, 6.45) is 1.68. The number of rotatable bonds is 2. The zero-order valence-electron chi connectivity index (χ0n) is 7.73. The minimum Gasteiger partial charge on any atom is -0.469 e. The van der Waals surface area contributed by atoms with Gasteiger partial charge in [0.15, 0.2) is 0 Å². The molecule has 5 nitrogen and oxygen atoms in total. The summed E-state index contributed by atoms with van der Waals surface area (Å²) in [4.78, 5) is 23.6. The van der Waals surface area contributed by atoms with E-state index in [1.165, 1.54) is 24.6 Å². The van der Waals surface area contributed by atoms with Crippen molar-refractivity contribution in [2.45, 2.75) is 6.42 Å². The second-order valence-corrected chi connectivity index (χ2v) is 4.09. The molecule has 0 N–H and O–H groups in total. The van der Waals surface area contributed by atoms with Gasteiger partial charge in [0.1, 0.15) is 15.4 Å². The predicted molar refractivity (Wildman–Crippen MR) is 55.9 cm³/mol. The quantitative estimate of drug-likeness (QED) is 0.590. The van der Waals surface area contributed by atoms with Crippen molar-refractivity contribution in [2.24, 2.45) is 0 Å². The van der Waals surface area contributed by atoms with E-state index < -0.39 is 0 Å². The van der Waals surface area contributed by atoms with Gasteiger partial charge in [-0.05, 0) is 11.6 Å². The van der Waals surface area contributed by atoms with Gasteiger partial charge in [0.2, 0.25) is 5.28 Å². The molecule has 0 amide bonds. The Kier molecular flexibility index (Phi) is 2.79. The van der Waals surface area contributed by atoms with Gasteiger partial charge in [-0.3, -0.25) is 4.79 Å². The summed E-state index contributed by atoms with van der Waals surface area (Å²) in [5.41, 5.74) is 0.642. The molecular weight excluding hydrogens is 238 g/mol. The van der Waals surface area contributed by atoms with Crippen LogP contribution in [0.25, 0.3) is 10.3 Å². The van der Waals surface area contributed by atoms with Gasteiger partial charge in [-0.2, -0.15) is 0 Å². The van der Waals surface area contributed by atoms with Crippen molar-refractivity contribution < 1.29 is 9.53 Å². The monoisotopic (exact) mass is 243 g/mol. The molecule has 0 saturated heterocycles. The standard InChI is InChI=1S/C8H6ClN3O2S/c1-14-6(13)2-5-11-4-3-10-8(9)12-7(4)15-5/h3H,2H2,1H3. The van der Waals surface area contributed by atoms with Crippen LogP contribution in [0.3, 0.4) is 0 Å². The average molecular weight is 244 g/mol. The van der Waals surface area contributed by atoms with E-state index >= 15 is 0 Å². The van der Waals surface area contributed by atoms with E-state index in [-0.39, 0.29) is 17.7 Å². The molecule has 0 saturated carbocycles. The van der Waals surface area contributed by atoms with E-state index in [4.69, 9.17) is 11.6 Å². The summed E-state index contributed by atoms with van der Waals surface area (Å²) in [5, 5.41) is 0.823. The van der Waals surface area contributed by atoms with Gasteiger partial charge in [0.05, 0.1) is 19.7 Å². The maximum Gasteiger partial charge on any atom is 0.312 e. The molecule has 78 valence electrons. The van der Waals surface area contributed by atoms with Crippen molar-refractivity contribution in [1.29, 1.82) is 0 Å². The third kappa shape index (κ3) is 2.21. The van der Waals surface area contributed by atoms with Crippen molar-refractivity contribution in [3.8, 4) is 0 Å². The van der Waals surface area contributed by atoms with Gasteiger partial charge in [0.25, 0.3) is 0 Å². The molecule has 0 radical (unpaired) electrons. The smallest absolute Gasteiger partial charge is 0.312 e. The largest absolute Gasteiger partial charge is 0.469 e. The Balaban J connectivity index is 2.34. The van der Waals surface area contributed by atoms with Crippen LogP contribution in [0.1, 0.15) is 5.01 Å². The second-order valence-electron chi connectivity index (χ2n) is 2.69. The summed E-state index contributed by atoms with van der Waals surface area (Å²) in [7, 11) is 1.34. The number of hydrogen-bond donors (Lipinski definition) is 0. The molecule has 0 aliphatic heterocycles. The van der Waals surface area contributed by atoms with Crippen molar-refractivity contribution in [3.63, 3.8) is 0 Å². The molecule has 0 fully saturated rings. The third-order valence-electron chi connectivity index (χ3n) is 1.69. The molecule has 0 aliphatic rings. The fraction of sp³-hybridized carbons (Fsp3) is 0.250. The van der Waals surface area contributed by atoms with Crippen LogP contribution >= 0.6 is 22.9 Å². The Labute approximate surface area is 94.1 Å². The van der Waals surface area contributed by atoms with Crippen LogP contribution in [0.15, 0.2) is 6.20 Å². The zero-order chi connectivity index (χ0) is 10.8. The molecule has 2 rings (SSSR count). The number of halogens is 1. The molecule has 0 atom stereocenters. The van der Waals surface area contributed by atoms with Crippen molar-refractivity contribution in [2.75, 3.05) is 7.11 Å². The molecule has 0 aromatic carbocycles. The number of nitrogens with zero attached hydrogens (tertiary/aromatic N) is 3. The average Bonchev–Trinajstić information content (AvgIpc) is 2.59. The van der Waals surface area contributed by atoms with Gasteiger partial charge in [-0.1, -0.05) is 11.3 Å². The molecule has 2 aromatic heterocycles. The first kappa shape index (κ1) is 10.3. The van der Waals surface area contributed by atoms with Crippen LogP contribution in [0.2, 0.25) is 5.28 Å². The van der Waals surface area contributed by atoms with E-state index in [2.05, 4.69) is 19.7 Å². The number of hydrogen-bond acceptors (Lipinski definition) is 6. The lowest BCUT2D eigenvalue weighted by Crippen LogP contribution is -2.03. The Bertz CT molecular complexity index is 514. The van der Waals surface area contributed by atoms with Gasteiger partial charge < -0.3 is 4.74 Å². The van der Waals surface area contributed by atoms with Gasteiger partial charge in [-0.15, -0.1) is 0 Å².